The van der Waals surface area contributed by atoms with Crippen LogP contribution >= 0.6 is 22.7 Å². The maximum absolute atomic E-state index is 13.4. The van der Waals surface area contributed by atoms with E-state index in [1.165, 1.54) is 27.8 Å². The molecule has 1 saturated heterocycles. The number of amides is 2. The fourth-order valence-corrected chi connectivity index (χ4v) is 9.13. The Morgan fingerprint density at radius 1 is 1.00 bits per heavy atom. The number of aromatic nitrogens is 1. The predicted molar refractivity (Wildman–Crippen MR) is 159 cm³/mol. The molecule has 1 fully saturated rings. The molecule has 0 unspecified atom stereocenters. The number of hydrogen-bond acceptors (Lipinski definition) is 7. The molecule has 2 aliphatic heterocycles. The summed E-state index contributed by atoms with van der Waals surface area (Å²) in [6.07, 6.45) is 2.39. The van der Waals surface area contributed by atoms with E-state index in [-0.39, 0.29) is 16.7 Å². The number of piperidine rings is 1. The number of rotatable bonds is 5. The summed E-state index contributed by atoms with van der Waals surface area (Å²) in [5.74, 6) is 0.235. The molecule has 208 valence electrons. The number of nitrogens with one attached hydrogen (secondary N) is 1. The monoisotopic (exact) mass is 594 g/mol. The van der Waals surface area contributed by atoms with Crippen molar-refractivity contribution in [2.45, 2.75) is 44.6 Å². The van der Waals surface area contributed by atoms with Crippen molar-refractivity contribution in [2.75, 3.05) is 25.0 Å². The van der Waals surface area contributed by atoms with Crippen LogP contribution in [0.1, 0.15) is 47.5 Å². The molecule has 0 radical (unpaired) electrons. The van der Waals surface area contributed by atoms with Crippen LogP contribution in [0.3, 0.4) is 0 Å². The van der Waals surface area contributed by atoms with Gasteiger partial charge in [-0.3, -0.25) is 9.59 Å². The third-order valence-electron chi connectivity index (χ3n) is 7.73. The Morgan fingerprint density at radius 3 is 2.42 bits per heavy atom. The first kappa shape index (κ1) is 27.1. The number of para-hydroxylation sites is 1. The summed E-state index contributed by atoms with van der Waals surface area (Å²) in [6, 6.07) is 14.1. The van der Waals surface area contributed by atoms with Crippen LogP contribution in [0.5, 0.6) is 0 Å². The molecule has 2 aromatic heterocycles. The van der Waals surface area contributed by atoms with E-state index in [0.29, 0.717) is 49.1 Å². The van der Waals surface area contributed by atoms with Gasteiger partial charge in [0.15, 0.2) is 0 Å². The van der Waals surface area contributed by atoms with Crippen LogP contribution < -0.4 is 5.32 Å². The van der Waals surface area contributed by atoms with Crippen molar-refractivity contribution in [3.63, 3.8) is 0 Å². The third kappa shape index (κ3) is 5.07. The lowest BCUT2D eigenvalue weighted by Crippen LogP contribution is -2.37. The van der Waals surface area contributed by atoms with Gasteiger partial charge in [-0.15, -0.1) is 22.7 Å². The average Bonchev–Trinajstić information content (AvgIpc) is 3.53. The van der Waals surface area contributed by atoms with Gasteiger partial charge in [-0.2, -0.15) is 4.31 Å². The molecule has 0 spiro atoms. The lowest BCUT2D eigenvalue weighted by molar-refractivity contribution is -0.129. The molecule has 0 atom stereocenters. The molecule has 8 nitrogen and oxygen atoms in total. The fraction of sp³-hybridized carbons (Fsp3) is 0.345. The molecule has 4 aromatic rings. The van der Waals surface area contributed by atoms with Crippen molar-refractivity contribution in [1.82, 2.24) is 14.2 Å². The van der Waals surface area contributed by atoms with E-state index < -0.39 is 10.0 Å². The Balaban J connectivity index is 1.29. The first-order valence-electron chi connectivity index (χ1n) is 13.4. The molecule has 2 aliphatic rings. The van der Waals surface area contributed by atoms with Crippen LogP contribution in [-0.4, -0.2) is 54.1 Å². The van der Waals surface area contributed by atoms with Gasteiger partial charge in [0, 0.05) is 42.6 Å². The van der Waals surface area contributed by atoms with Crippen LogP contribution in [0, 0.1) is 5.92 Å². The Labute approximate surface area is 241 Å². The summed E-state index contributed by atoms with van der Waals surface area (Å²) >= 11 is 3.06. The largest absolute Gasteiger partial charge is 0.337 e. The average molecular weight is 595 g/mol. The minimum absolute atomic E-state index is 0.0280. The maximum atomic E-state index is 13.4. The van der Waals surface area contributed by atoms with E-state index in [2.05, 4.69) is 12.2 Å². The van der Waals surface area contributed by atoms with Gasteiger partial charge in [0.25, 0.3) is 5.91 Å². The Hall–Kier alpha value is -3.12. The van der Waals surface area contributed by atoms with Gasteiger partial charge in [-0.1, -0.05) is 19.1 Å². The Kier molecular flexibility index (Phi) is 7.24. The van der Waals surface area contributed by atoms with Crippen molar-refractivity contribution >= 4 is 59.7 Å². The Bertz CT molecular complexity index is 1670. The molecule has 6 rings (SSSR count). The second kappa shape index (κ2) is 10.7. The molecular formula is C29H30N4O4S3. The summed E-state index contributed by atoms with van der Waals surface area (Å²) in [6.45, 7) is 5.88. The van der Waals surface area contributed by atoms with E-state index in [9.17, 15) is 18.0 Å². The van der Waals surface area contributed by atoms with Crippen molar-refractivity contribution < 1.29 is 18.0 Å². The first-order valence-corrected chi connectivity index (χ1v) is 16.5. The van der Waals surface area contributed by atoms with Crippen molar-refractivity contribution in [2.24, 2.45) is 5.92 Å². The van der Waals surface area contributed by atoms with E-state index >= 15 is 0 Å². The molecule has 2 aromatic carbocycles. The molecule has 1 N–H and O–H groups in total. The number of anilines is 1. The highest BCUT2D eigenvalue weighted by molar-refractivity contribution is 7.89. The van der Waals surface area contributed by atoms with Gasteiger partial charge in [0.05, 0.1) is 21.7 Å². The summed E-state index contributed by atoms with van der Waals surface area (Å²) in [7, 11) is -3.59. The van der Waals surface area contributed by atoms with E-state index in [0.717, 1.165) is 44.1 Å². The number of thiophene rings is 1. The van der Waals surface area contributed by atoms with E-state index in [4.69, 9.17) is 4.98 Å². The maximum Gasteiger partial charge on any atom is 0.256 e. The lowest BCUT2D eigenvalue weighted by atomic mass is 10.0. The summed E-state index contributed by atoms with van der Waals surface area (Å²) < 4.78 is 28.8. The van der Waals surface area contributed by atoms with Crippen LogP contribution in [0.15, 0.2) is 53.4 Å². The molecule has 2 amide bonds. The molecule has 4 heterocycles. The number of benzene rings is 2. The third-order valence-corrected chi connectivity index (χ3v) is 11.8. The highest BCUT2D eigenvalue weighted by atomic mass is 32.2. The molecule has 40 heavy (non-hydrogen) atoms. The number of nitrogens with zero attached hydrogens (tertiary/aromatic N) is 3. The number of carbonyl (C=O) groups is 2. The molecule has 0 bridgehead atoms. The van der Waals surface area contributed by atoms with Crippen LogP contribution in [0.2, 0.25) is 0 Å². The number of hydrogen-bond donors (Lipinski definition) is 1. The van der Waals surface area contributed by atoms with Crippen molar-refractivity contribution in [1.29, 1.82) is 0 Å². The Morgan fingerprint density at radius 2 is 1.73 bits per heavy atom. The van der Waals surface area contributed by atoms with Gasteiger partial charge >= 0.3 is 0 Å². The zero-order valence-electron chi connectivity index (χ0n) is 22.3. The minimum atomic E-state index is -3.59. The van der Waals surface area contributed by atoms with Gasteiger partial charge in [0.2, 0.25) is 15.9 Å². The second-order valence-corrected chi connectivity index (χ2v) is 14.5. The number of sulfonamides is 1. The van der Waals surface area contributed by atoms with E-state index in [1.54, 1.807) is 30.4 Å². The van der Waals surface area contributed by atoms with Gasteiger partial charge in [0.1, 0.15) is 10.0 Å². The number of fused-ring (bicyclic) bond motifs is 2. The number of carbonyl (C=O) groups excluding carboxylic acids is 2. The quantitative estimate of drug-likeness (QED) is 0.324. The number of thiazole rings is 1. The van der Waals surface area contributed by atoms with Gasteiger partial charge in [-0.25, -0.2) is 13.4 Å². The fourth-order valence-electron chi connectivity index (χ4n) is 5.29. The molecule has 0 saturated carbocycles. The predicted octanol–water partition coefficient (Wildman–Crippen LogP) is 5.60. The minimum Gasteiger partial charge on any atom is -0.337 e. The zero-order chi connectivity index (χ0) is 28.0. The van der Waals surface area contributed by atoms with Gasteiger partial charge < -0.3 is 10.2 Å². The SMILES string of the molecule is CC(=O)N1CCc2c(sc(NC(=O)c3ccc(S(=O)(=O)N4CCC(C)CC4)cc3)c2-c2nc3ccccc3s2)C1. The van der Waals surface area contributed by atoms with E-state index in [1.807, 2.05) is 29.2 Å². The highest BCUT2D eigenvalue weighted by Crippen LogP contribution is 2.45. The van der Waals surface area contributed by atoms with Gasteiger partial charge in [-0.05, 0) is 67.1 Å². The normalized spacial score (nSPS) is 16.7. The topological polar surface area (TPSA) is 99.7 Å². The molecule has 11 heteroatoms. The first-order chi connectivity index (χ1) is 19.2. The lowest BCUT2D eigenvalue weighted by Gasteiger charge is -2.29. The van der Waals surface area contributed by atoms with Crippen LogP contribution in [-0.2, 0) is 27.8 Å². The molecular weight excluding hydrogens is 565 g/mol. The summed E-state index contributed by atoms with van der Waals surface area (Å²) in [5, 5.41) is 4.61. The second-order valence-electron chi connectivity index (χ2n) is 10.5. The summed E-state index contributed by atoms with van der Waals surface area (Å²) in [4.78, 5) is 33.4. The standard InChI is InChI=1S/C29H30N4O4S3/c1-18-11-15-33(16-12-18)40(36,37)21-9-7-20(8-10-21)27(35)31-29-26(28-30-23-5-3-4-6-24(23)38-28)22-13-14-32(19(2)34)17-25(22)39-29/h3-10,18H,11-17H2,1-2H3,(H,31,35). The van der Waals surface area contributed by atoms with Crippen LogP contribution in [0.4, 0.5) is 5.00 Å². The zero-order valence-corrected chi connectivity index (χ0v) is 24.8. The van der Waals surface area contributed by atoms with Crippen molar-refractivity contribution in [3.8, 4) is 10.6 Å². The van der Waals surface area contributed by atoms with Crippen LogP contribution in [0.25, 0.3) is 20.8 Å². The highest BCUT2D eigenvalue weighted by Gasteiger charge is 2.30. The summed E-state index contributed by atoms with van der Waals surface area (Å²) in [5.41, 5.74) is 3.31. The smallest absolute Gasteiger partial charge is 0.256 e. The molecule has 0 aliphatic carbocycles. The van der Waals surface area contributed by atoms with Crippen molar-refractivity contribution in [3.05, 3.63) is 64.5 Å².